The molecule has 1 amide bonds. The number of ether oxygens (including phenoxy) is 1. The summed E-state index contributed by atoms with van der Waals surface area (Å²) in [7, 11) is 0. The van der Waals surface area contributed by atoms with Gasteiger partial charge in [0.05, 0.1) is 0 Å². The number of anilines is 1. The molecule has 0 aromatic heterocycles. The minimum atomic E-state index is -0.579. The summed E-state index contributed by atoms with van der Waals surface area (Å²) >= 11 is 5.97. The van der Waals surface area contributed by atoms with Crippen LogP contribution in [0.25, 0.3) is 6.08 Å². The fourth-order valence-corrected chi connectivity index (χ4v) is 2.75. The summed E-state index contributed by atoms with van der Waals surface area (Å²) in [6.45, 7) is 0.337. The Morgan fingerprint density at radius 3 is 2.59 bits per heavy atom. The highest BCUT2D eigenvalue weighted by atomic mass is 35.5. The lowest BCUT2D eigenvalue weighted by molar-refractivity contribution is -0.112. The summed E-state index contributed by atoms with van der Waals surface area (Å²) in [6, 6.07) is 21.6. The van der Waals surface area contributed by atoms with E-state index in [1.807, 2.05) is 24.3 Å². The summed E-state index contributed by atoms with van der Waals surface area (Å²) in [4.78, 5) is 12.3. The van der Waals surface area contributed by atoms with Crippen molar-refractivity contribution in [3.8, 4) is 11.8 Å². The van der Waals surface area contributed by atoms with Crippen LogP contribution in [0.3, 0.4) is 0 Å². The molecule has 0 saturated heterocycles. The highest BCUT2D eigenvalue weighted by Gasteiger charge is 2.10. The molecular weight excluding hydrogens is 391 g/mol. The van der Waals surface area contributed by atoms with E-state index in [0.29, 0.717) is 28.6 Å². The Hall–Kier alpha value is -3.62. The molecule has 0 atom stereocenters. The normalized spacial score (nSPS) is 10.9. The maximum atomic E-state index is 13.0. The molecule has 3 aromatic rings. The zero-order valence-corrected chi connectivity index (χ0v) is 16.0. The Kier molecular flexibility index (Phi) is 6.62. The standard InChI is InChI=1S/C23H16ClFN2O2/c24-19-5-1-4-17(12-19)15-29-22-6-2-3-16(13-22)11-18(14-26)23(28)27-21-9-7-20(25)8-10-21/h1-13H,15H2,(H,27,28)/b18-11-. The van der Waals surface area contributed by atoms with Crippen molar-refractivity contribution in [1.29, 1.82) is 5.26 Å². The van der Waals surface area contributed by atoms with Crippen LogP contribution in [0.1, 0.15) is 11.1 Å². The largest absolute Gasteiger partial charge is 0.489 e. The summed E-state index contributed by atoms with van der Waals surface area (Å²) in [5.74, 6) is -0.395. The number of carbonyl (C=O) groups excluding carboxylic acids is 1. The van der Waals surface area contributed by atoms with Crippen molar-refractivity contribution in [2.45, 2.75) is 6.61 Å². The number of nitriles is 1. The van der Waals surface area contributed by atoms with E-state index in [1.165, 1.54) is 30.3 Å². The number of hydrogen-bond acceptors (Lipinski definition) is 3. The molecule has 0 spiro atoms. The lowest BCUT2D eigenvalue weighted by atomic mass is 10.1. The number of rotatable bonds is 6. The van der Waals surface area contributed by atoms with Crippen molar-refractivity contribution in [3.05, 3.63) is 100 Å². The molecule has 0 unspecified atom stereocenters. The monoisotopic (exact) mass is 406 g/mol. The van der Waals surface area contributed by atoms with Crippen LogP contribution in [0.4, 0.5) is 10.1 Å². The molecule has 29 heavy (non-hydrogen) atoms. The van der Waals surface area contributed by atoms with Gasteiger partial charge in [0, 0.05) is 10.7 Å². The predicted molar refractivity (Wildman–Crippen MR) is 111 cm³/mol. The first kappa shape index (κ1) is 20.1. The van der Waals surface area contributed by atoms with Gasteiger partial charge in [-0.2, -0.15) is 5.26 Å². The summed E-state index contributed by atoms with van der Waals surface area (Å²) in [5.41, 5.74) is 1.88. The van der Waals surface area contributed by atoms with Crippen molar-refractivity contribution in [1.82, 2.24) is 0 Å². The highest BCUT2D eigenvalue weighted by Crippen LogP contribution is 2.19. The number of nitrogens with zero attached hydrogens (tertiary/aromatic N) is 1. The van der Waals surface area contributed by atoms with Crippen LogP contribution in [0, 0.1) is 17.1 Å². The Balaban J connectivity index is 1.70. The first-order chi connectivity index (χ1) is 14.0. The van der Waals surface area contributed by atoms with E-state index < -0.39 is 11.7 Å². The van der Waals surface area contributed by atoms with Crippen molar-refractivity contribution >= 4 is 29.3 Å². The molecule has 144 valence electrons. The second-order valence-corrected chi connectivity index (χ2v) is 6.56. The van der Waals surface area contributed by atoms with Gasteiger partial charge in [-0.1, -0.05) is 35.9 Å². The van der Waals surface area contributed by atoms with E-state index in [1.54, 1.807) is 30.3 Å². The van der Waals surface area contributed by atoms with Gasteiger partial charge in [-0.15, -0.1) is 0 Å². The van der Waals surface area contributed by atoms with Crippen molar-refractivity contribution in [2.24, 2.45) is 0 Å². The van der Waals surface area contributed by atoms with Gasteiger partial charge in [-0.3, -0.25) is 4.79 Å². The number of halogens is 2. The fourth-order valence-electron chi connectivity index (χ4n) is 2.53. The van der Waals surface area contributed by atoms with E-state index in [2.05, 4.69) is 5.32 Å². The van der Waals surface area contributed by atoms with Crippen molar-refractivity contribution < 1.29 is 13.9 Å². The van der Waals surface area contributed by atoms with Crippen LogP contribution in [0.15, 0.2) is 78.4 Å². The quantitative estimate of drug-likeness (QED) is 0.428. The minimum absolute atomic E-state index is 0.0821. The summed E-state index contributed by atoms with van der Waals surface area (Å²) < 4.78 is 18.7. The van der Waals surface area contributed by atoms with E-state index in [9.17, 15) is 14.4 Å². The second kappa shape index (κ2) is 9.54. The van der Waals surface area contributed by atoms with Crippen molar-refractivity contribution in [3.63, 3.8) is 0 Å². The molecule has 0 radical (unpaired) electrons. The summed E-state index contributed by atoms with van der Waals surface area (Å²) in [6.07, 6.45) is 1.46. The molecule has 0 heterocycles. The zero-order valence-electron chi connectivity index (χ0n) is 15.2. The molecule has 0 aliphatic carbocycles. The number of carbonyl (C=O) groups is 1. The Bertz CT molecular complexity index is 1090. The van der Waals surface area contributed by atoms with E-state index in [-0.39, 0.29) is 5.57 Å². The number of amides is 1. The van der Waals surface area contributed by atoms with Crippen LogP contribution in [0.2, 0.25) is 5.02 Å². The smallest absolute Gasteiger partial charge is 0.266 e. The first-order valence-electron chi connectivity index (χ1n) is 8.69. The van der Waals surface area contributed by atoms with Crippen molar-refractivity contribution in [2.75, 3.05) is 5.32 Å². The topological polar surface area (TPSA) is 62.1 Å². The molecule has 0 fully saturated rings. The molecule has 6 heteroatoms. The maximum absolute atomic E-state index is 13.0. The van der Waals surface area contributed by atoms with Crippen LogP contribution in [-0.4, -0.2) is 5.91 Å². The Morgan fingerprint density at radius 2 is 1.86 bits per heavy atom. The van der Waals surface area contributed by atoms with Crippen LogP contribution >= 0.6 is 11.6 Å². The van der Waals surface area contributed by atoms with E-state index in [4.69, 9.17) is 16.3 Å². The SMILES string of the molecule is N#C/C(=C/c1cccc(OCc2cccc(Cl)c2)c1)C(=O)Nc1ccc(F)cc1. The minimum Gasteiger partial charge on any atom is -0.489 e. The third-order valence-corrected chi connectivity index (χ3v) is 4.17. The predicted octanol–water partition coefficient (Wildman–Crippen LogP) is 5.60. The molecule has 0 aliphatic rings. The van der Waals surface area contributed by atoms with Crippen LogP contribution in [-0.2, 0) is 11.4 Å². The third kappa shape index (κ3) is 5.93. The van der Waals surface area contributed by atoms with Crippen LogP contribution in [0.5, 0.6) is 5.75 Å². The van der Waals surface area contributed by atoms with Gasteiger partial charge < -0.3 is 10.1 Å². The Labute approximate surface area is 172 Å². The van der Waals surface area contributed by atoms with Gasteiger partial charge in [-0.25, -0.2) is 4.39 Å². The molecule has 3 aromatic carbocycles. The number of hydrogen-bond donors (Lipinski definition) is 1. The molecule has 1 N–H and O–H groups in total. The summed E-state index contributed by atoms with van der Waals surface area (Å²) in [5, 5.41) is 12.5. The first-order valence-corrected chi connectivity index (χ1v) is 9.07. The number of nitrogens with one attached hydrogen (secondary N) is 1. The van der Waals surface area contributed by atoms with Crippen LogP contribution < -0.4 is 10.1 Å². The Morgan fingerprint density at radius 1 is 1.10 bits per heavy atom. The average Bonchev–Trinajstić information content (AvgIpc) is 2.72. The lowest BCUT2D eigenvalue weighted by Crippen LogP contribution is -2.13. The van der Waals surface area contributed by atoms with Gasteiger partial charge >= 0.3 is 0 Å². The molecule has 3 rings (SSSR count). The molecule has 0 bridgehead atoms. The van der Waals surface area contributed by atoms with Gasteiger partial charge in [0.2, 0.25) is 0 Å². The highest BCUT2D eigenvalue weighted by molar-refractivity contribution is 6.30. The lowest BCUT2D eigenvalue weighted by Gasteiger charge is -2.08. The molecule has 0 aliphatic heterocycles. The zero-order chi connectivity index (χ0) is 20.6. The molecule has 4 nitrogen and oxygen atoms in total. The van der Waals surface area contributed by atoms with E-state index in [0.717, 1.165) is 5.56 Å². The molecular formula is C23H16ClFN2O2. The van der Waals surface area contributed by atoms with Gasteiger partial charge in [0.1, 0.15) is 29.8 Å². The number of benzene rings is 3. The maximum Gasteiger partial charge on any atom is 0.266 e. The second-order valence-electron chi connectivity index (χ2n) is 6.12. The van der Waals surface area contributed by atoms with Gasteiger partial charge in [0.15, 0.2) is 0 Å². The van der Waals surface area contributed by atoms with Gasteiger partial charge in [-0.05, 0) is 65.7 Å². The van der Waals surface area contributed by atoms with E-state index >= 15 is 0 Å². The third-order valence-electron chi connectivity index (χ3n) is 3.93. The average molecular weight is 407 g/mol. The fraction of sp³-hybridized carbons (Fsp3) is 0.0435. The van der Waals surface area contributed by atoms with Gasteiger partial charge in [0.25, 0.3) is 5.91 Å². The molecule has 0 saturated carbocycles.